The number of hydrogen-bond acceptors (Lipinski definition) is 3. The van der Waals surface area contributed by atoms with Gasteiger partial charge in [-0.15, -0.1) is 0 Å². The topological polar surface area (TPSA) is 68.3 Å². The van der Waals surface area contributed by atoms with Crippen LogP contribution in [0.25, 0.3) is 0 Å². The molecule has 2 aromatic heterocycles. The van der Waals surface area contributed by atoms with Gasteiger partial charge < -0.3 is 14.1 Å². The molecule has 0 bridgehead atoms. The van der Waals surface area contributed by atoms with Gasteiger partial charge in [-0.1, -0.05) is 0 Å². The van der Waals surface area contributed by atoms with E-state index in [4.69, 9.17) is 9.52 Å². The molecule has 0 aliphatic heterocycles. The number of aromatic carboxylic acids is 1. The van der Waals surface area contributed by atoms with Crippen molar-refractivity contribution in [2.75, 3.05) is 0 Å². The van der Waals surface area contributed by atoms with Crippen molar-refractivity contribution in [2.45, 2.75) is 6.54 Å². The van der Waals surface area contributed by atoms with Crippen molar-refractivity contribution >= 4 is 5.97 Å². The lowest BCUT2D eigenvalue weighted by atomic mass is 10.2. The van der Waals surface area contributed by atoms with E-state index in [1.807, 2.05) is 0 Å². The third kappa shape index (κ3) is 1.52. The molecule has 0 aliphatic carbocycles. The number of rotatable bonds is 3. The van der Waals surface area contributed by atoms with Crippen LogP contribution in [-0.2, 0) is 6.54 Å². The summed E-state index contributed by atoms with van der Waals surface area (Å²) in [6.45, 7) is 0.384. The number of aromatic nitrogens is 2. The molecule has 0 spiro atoms. The smallest absolute Gasteiger partial charge is 0.339 e. The normalized spacial score (nSPS) is 10.3. The predicted octanol–water partition coefficient (Wildman–Crippen LogP) is 1.22. The molecule has 5 nitrogen and oxygen atoms in total. The number of imidazole rings is 1. The molecule has 14 heavy (non-hydrogen) atoms. The Morgan fingerprint density at radius 3 is 3.14 bits per heavy atom. The molecule has 2 rings (SSSR count). The molecular weight excluding hydrogens is 184 g/mol. The minimum absolute atomic E-state index is 0.193. The number of carboxylic acids is 1. The van der Waals surface area contributed by atoms with Gasteiger partial charge in [0.05, 0.1) is 19.1 Å². The molecule has 0 unspecified atom stereocenters. The van der Waals surface area contributed by atoms with E-state index in [-0.39, 0.29) is 5.56 Å². The highest BCUT2D eigenvalue weighted by atomic mass is 16.4. The van der Waals surface area contributed by atoms with Gasteiger partial charge in [0.25, 0.3) is 0 Å². The SMILES string of the molecule is O=C(O)c1ccoc1Cn1ccnc1. The van der Waals surface area contributed by atoms with E-state index in [2.05, 4.69) is 4.98 Å². The van der Waals surface area contributed by atoms with Crippen molar-refractivity contribution in [1.82, 2.24) is 9.55 Å². The summed E-state index contributed by atoms with van der Waals surface area (Å²) in [5.41, 5.74) is 0.193. The fourth-order valence-corrected chi connectivity index (χ4v) is 1.20. The van der Waals surface area contributed by atoms with Crippen molar-refractivity contribution < 1.29 is 14.3 Å². The molecule has 2 heterocycles. The van der Waals surface area contributed by atoms with Crippen LogP contribution in [0.4, 0.5) is 0 Å². The van der Waals surface area contributed by atoms with E-state index in [9.17, 15) is 4.79 Å². The first-order valence-electron chi connectivity index (χ1n) is 4.03. The van der Waals surface area contributed by atoms with Crippen LogP contribution in [0.3, 0.4) is 0 Å². The zero-order valence-electron chi connectivity index (χ0n) is 7.25. The highest BCUT2D eigenvalue weighted by molar-refractivity contribution is 5.88. The van der Waals surface area contributed by atoms with Crippen LogP contribution in [0.15, 0.2) is 35.5 Å². The first-order valence-corrected chi connectivity index (χ1v) is 4.03. The average Bonchev–Trinajstić information content (AvgIpc) is 2.75. The van der Waals surface area contributed by atoms with Gasteiger partial charge in [-0.2, -0.15) is 0 Å². The molecule has 0 aliphatic rings. The van der Waals surface area contributed by atoms with Crippen LogP contribution >= 0.6 is 0 Å². The van der Waals surface area contributed by atoms with Crippen LogP contribution in [-0.4, -0.2) is 20.6 Å². The second-order valence-electron chi connectivity index (χ2n) is 2.80. The Bertz CT molecular complexity index is 431. The Kier molecular flexibility index (Phi) is 2.06. The Balaban J connectivity index is 2.25. The van der Waals surface area contributed by atoms with Gasteiger partial charge in [0.15, 0.2) is 0 Å². The summed E-state index contributed by atoms with van der Waals surface area (Å²) in [5.74, 6) is -0.552. The van der Waals surface area contributed by atoms with Gasteiger partial charge in [0, 0.05) is 12.4 Å². The van der Waals surface area contributed by atoms with Gasteiger partial charge in [-0.05, 0) is 6.07 Å². The molecule has 1 N–H and O–H groups in total. The summed E-state index contributed by atoms with van der Waals surface area (Å²) in [6, 6.07) is 1.44. The van der Waals surface area contributed by atoms with Crippen molar-refractivity contribution in [3.05, 3.63) is 42.4 Å². The predicted molar refractivity (Wildman–Crippen MR) is 47.0 cm³/mol. The van der Waals surface area contributed by atoms with Crippen molar-refractivity contribution in [3.8, 4) is 0 Å². The Hall–Kier alpha value is -2.04. The number of hydrogen-bond donors (Lipinski definition) is 1. The van der Waals surface area contributed by atoms with E-state index in [0.717, 1.165) is 0 Å². The molecule has 0 fully saturated rings. The second kappa shape index (κ2) is 3.37. The molecule has 0 aromatic carbocycles. The zero-order chi connectivity index (χ0) is 9.97. The molecule has 0 saturated heterocycles. The monoisotopic (exact) mass is 192 g/mol. The fraction of sp³-hybridized carbons (Fsp3) is 0.111. The van der Waals surface area contributed by atoms with E-state index >= 15 is 0 Å². The van der Waals surface area contributed by atoms with Gasteiger partial charge >= 0.3 is 5.97 Å². The summed E-state index contributed by atoms with van der Waals surface area (Å²) in [6.07, 6.45) is 6.35. The lowest BCUT2D eigenvalue weighted by Crippen LogP contribution is -2.02. The fourth-order valence-electron chi connectivity index (χ4n) is 1.20. The lowest BCUT2D eigenvalue weighted by molar-refractivity contribution is 0.0694. The molecule has 0 amide bonds. The van der Waals surface area contributed by atoms with Gasteiger partial charge in [0.2, 0.25) is 0 Å². The van der Waals surface area contributed by atoms with Crippen LogP contribution < -0.4 is 0 Å². The summed E-state index contributed by atoms with van der Waals surface area (Å²) >= 11 is 0. The van der Waals surface area contributed by atoms with Crippen LogP contribution in [0, 0.1) is 0 Å². The largest absolute Gasteiger partial charge is 0.478 e. The van der Waals surface area contributed by atoms with Crippen LogP contribution in [0.2, 0.25) is 0 Å². The number of furan rings is 1. The highest BCUT2D eigenvalue weighted by Crippen LogP contribution is 2.11. The number of carbonyl (C=O) groups is 1. The lowest BCUT2D eigenvalue weighted by Gasteiger charge is -1.99. The van der Waals surface area contributed by atoms with Gasteiger partial charge in [-0.3, -0.25) is 0 Å². The third-order valence-electron chi connectivity index (χ3n) is 1.86. The zero-order valence-corrected chi connectivity index (χ0v) is 7.25. The molecular formula is C9H8N2O3. The molecule has 0 atom stereocenters. The van der Waals surface area contributed by atoms with E-state index in [0.29, 0.717) is 12.3 Å². The number of nitrogens with zero attached hydrogens (tertiary/aromatic N) is 2. The summed E-state index contributed by atoms with van der Waals surface area (Å²) in [5, 5.41) is 8.80. The standard InChI is InChI=1S/C9H8N2O3/c12-9(13)7-1-4-14-8(7)5-11-3-2-10-6-11/h1-4,6H,5H2,(H,12,13). The third-order valence-corrected chi connectivity index (χ3v) is 1.86. The molecule has 2 aromatic rings. The van der Waals surface area contributed by atoms with Crippen molar-refractivity contribution in [1.29, 1.82) is 0 Å². The van der Waals surface area contributed by atoms with Crippen molar-refractivity contribution in [3.63, 3.8) is 0 Å². The summed E-state index contributed by atoms with van der Waals surface area (Å²) in [4.78, 5) is 14.6. The maximum Gasteiger partial charge on any atom is 0.339 e. The first kappa shape index (κ1) is 8.55. The minimum atomic E-state index is -0.978. The Labute approximate surface area is 79.6 Å². The Morgan fingerprint density at radius 1 is 1.64 bits per heavy atom. The van der Waals surface area contributed by atoms with E-state index in [1.165, 1.54) is 12.3 Å². The summed E-state index contributed by atoms with van der Waals surface area (Å²) < 4.78 is 6.81. The van der Waals surface area contributed by atoms with Gasteiger partial charge in [0.1, 0.15) is 11.3 Å². The Morgan fingerprint density at radius 2 is 2.50 bits per heavy atom. The minimum Gasteiger partial charge on any atom is -0.478 e. The number of carboxylic acid groups (broad SMARTS) is 1. The van der Waals surface area contributed by atoms with E-state index < -0.39 is 5.97 Å². The van der Waals surface area contributed by atoms with Crippen molar-refractivity contribution in [2.24, 2.45) is 0 Å². The van der Waals surface area contributed by atoms with Crippen LogP contribution in [0.1, 0.15) is 16.1 Å². The summed E-state index contributed by atoms with van der Waals surface area (Å²) in [7, 11) is 0. The van der Waals surface area contributed by atoms with Crippen LogP contribution in [0.5, 0.6) is 0 Å². The average molecular weight is 192 g/mol. The maximum atomic E-state index is 10.7. The second-order valence-corrected chi connectivity index (χ2v) is 2.80. The first-order chi connectivity index (χ1) is 6.77. The molecule has 5 heteroatoms. The molecule has 0 saturated carbocycles. The molecule has 0 radical (unpaired) electrons. The van der Waals surface area contributed by atoms with Gasteiger partial charge in [-0.25, -0.2) is 9.78 Å². The highest BCUT2D eigenvalue weighted by Gasteiger charge is 2.12. The van der Waals surface area contributed by atoms with E-state index in [1.54, 1.807) is 23.3 Å². The quantitative estimate of drug-likeness (QED) is 0.793. The molecule has 72 valence electrons. The maximum absolute atomic E-state index is 10.7.